The van der Waals surface area contributed by atoms with Gasteiger partial charge in [0.15, 0.2) is 0 Å². The third kappa shape index (κ3) is 11.3. The molecule has 1 fully saturated rings. The number of halogens is 1. The predicted molar refractivity (Wildman–Crippen MR) is 87.9 cm³/mol. The van der Waals surface area contributed by atoms with Gasteiger partial charge in [0.25, 0.3) is 0 Å². The van der Waals surface area contributed by atoms with Gasteiger partial charge in [-0.15, -0.1) is 31.2 Å². The Balaban J connectivity index is 0.000000321. The van der Waals surface area contributed by atoms with E-state index in [9.17, 15) is 0 Å². The normalized spacial score (nSPS) is 25.1. The second-order valence-corrected chi connectivity index (χ2v) is 4.94. The minimum atomic E-state index is 0.514. The molecule has 1 saturated heterocycles. The topological polar surface area (TPSA) is 80.2 Å². The molecule has 0 amide bonds. The van der Waals surface area contributed by atoms with E-state index in [1.165, 1.54) is 19.3 Å². The van der Waals surface area contributed by atoms with E-state index < -0.39 is 0 Å². The Hall–Kier alpha value is 0.579. The molecule has 0 aliphatic carbocycles. The number of hydrogen-bond donors (Lipinski definition) is 2. The Morgan fingerprint density at radius 2 is 1.70 bits per heavy atom. The molecule has 123 valence electrons. The van der Waals surface area contributed by atoms with Gasteiger partial charge < -0.3 is 22.1 Å². The van der Waals surface area contributed by atoms with Crippen LogP contribution in [0.4, 0.5) is 0 Å². The van der Waals surface area contributed by atoms with Crippen LogP contribution in [0, 0.1) is 0 Å². The van der Waals surface area contributed by atoms with Crippen molar-refractivity contribution >= 4 is 14.1 Å². The van der Waals surface area contributed by atoms with Crippen molar-refractivity contribution < 1.29 is 14.2 Å². The first-order valence-electron chi connectivity index (χ1n) is 7.36. The van der Waals surface area contributed by atoms with E-state index >= 15 is 0 Å². The molecule has 4 N–H and O–H groups in total. The quantitative estimate of drug-likeness (QED) is 0.566. The average molecular weight is 396 g/mol. The molecule has 2 rings (SSSR count). The van der Waals surface area contributed by atoms with E-state index in [1.807, 2.05) is 0 Å². The Morgan fingerprint density at radius 1 is 1.00 bits per heavy atom. The molecule has 2 aliphatic heterocycles. The summed E-state index contributed by atoms with van der Waals surface area (Å²) in [5.74, 6) is 0. The summed E-state index contributed by atoms with van der Waals surface area (Å²) in [6.07, 6.45) is 11.5. The van der Waals surface area contributed by atoms with Crippen LogP contribution < -0.4 is 11.5 Å². The van der Waals surface area contributed by atoms with E-state index in [0.717, 1.165) is 45.4 Å². The summed E-state index contributed by atoms with van der Waals surface area (Å²) in [7, 11) is 0. The van der Waals surface area contributed by atoms with Crippen molar-refractivity contribution in [3.05, 3.63) is 22.8 Å². The van der Waals surface area contributed by atoms with Gasteiger partial charge in [-0.25, -0.2) is 0 Å². The molecule has 4 nitrogen and oxygen atoms in total. The van der Waals surface area contributed by atoms with E-state index in [4.69, 9.17) is 11.5 Å². The molecule has 6 heteroatoms. The van der Waals surface area contributed by atoms with Gasteiger partial charge in [-0.2, -0.15) is 0 Å². The number of hydrogen-bond acceptors (Lipinski definition) is 2. The number of nitrogens with two attached hydrogens (primary N) is 2. The second kappa shape index (κ2) is 16.0. The first-order chi connectivity index (χ1) is 9.86. The fourth-order valence-corrected chi connectivity index (χ4v) is 2.30. The van der Waals surface area contributed by atoms with Crippen LogP contribution in [-0.2, 0) is 14.2 Å². The summed E-state index contributed by atoms with van der Waals surface area (Å²) >= 11 is 6.50. The van der Waals surface area contributed by atoms with Crippen LogP contribution in [0.5, 0.6) is 0 Å². The monoisotopic (exact) mass is 394 g/mol. The van der Waals surface area contributed by atoms with Crippen molar-refractivity contribution in [3.63, 3.8) is 0 Å². The molecule has 2 atom stereocenters. The van der Waals surface area contributed by atoms with Crippen LogP contribution in [0.15, 0.2) is 12.2 Å². The molecule has 2 unspecified atom stereocenters. The fraction of sp³-hybridized carbons (Fsp3) is 0.857. The maximum atomic E-state index is 5.40. The van der Waals surface area contributed by atoms with Crippen LogP contribution in [0.1, 0.15) is 38.5 Å². The molecular formula is C14H28BrCuN4-. The summed E-state index contributed by atoms with van der Waals surface area (Å²) in [5, 5.41) is 8.79. The average Bonchev–Trinajstić information content (AvgIpc) is 2.53. The van der Waals surface area contributed by atoms with Crippen LogP contribution in [0.3, 0.4) is 0 Å². The molecule has 0 aromatic carbocycles. The van der Waals surface area contributed by atoms with E-state index in [1.54, 1.807) is 0 Å². The Kier molecular flexibility index (Phi) is 16.4. The Labute approximate surface area is 139 Å². The van der Waals surface area contributed by atoms with Crippen molar-refractivity contribution in [2.45, 2.75) is 50.6 Å². The van der Waals surface area contributed by atoms with Gasteiger partial charge in [0.2, 0.25) is 0 Å². The Bertz CT molecular complexity index is 220. The number of piperidine rings is 1. The zero-order valence-corrected chi connectivity index (χ0v) is 14.6. The number of nitrogens with zero attached hydrogens (tertiary/aromatic N) is 2. The molecule has 2 aliphatic rings. The van der Waals surface area contributed by atoms with Gasteiger partial charge in [0, 0.05) is 0 Å². The maximum absolute atomic E-state index is 5.40. The van der Waals surface area contributed by atoms with Crippen molar-refractivity contribution in [1.29, 1.82) is 0 Å². The summed E-state index contributed by atoms with van der Waals surface area (Å²) in [4.78, 5) is 0. The van der Waals surface area contributed by atoms with Gasteiger partial charge in [-0.1, -0.05) is 44.6 Å². The summed E-state index contributed by atoms with van der Waals surface area (Å²) < 4.78 is 0. The van der Waals surface area contributed by atoms with Gasteiger partial charge >= 0.3 is 28.3 Å². The predicted octanol–water partition coefficient (Wildman–Crippen LogP) is 3.14. The molecule has 0 saturated carbocycles. The van der Waals surface area contributed by atoms with Crippen molar-refractivity contribution in [2.24, 2.45) is 11.5 Å². The van der Waals surface area contributed by atoms with Crippen molar-refractivity contribution in [1.82, 2.24) is 0 Å². The van der Waals surface area contributed by atoms with Gasteiger partial charge in [-0.3, -0.25) is 0 Å². The third-order valence-electron chi connectivity index (χ3n) is 3.38. The number of rotatable bonds is 4. The zero-order valence-electron chi connectivity index (χ0n) is 12.1. The van der Waals surface area contributed by atoms with Crippen LogP contribution >= 0.6 is 14.1 Å². The fourth-order valence-electron chi connectivity index (χ4n) is 2.30. The second-order valence-electron chi connectivity index (χ2n) is 4.94. The first-order valence-corrected chi connectivity index (χ1v) is 9.69. The zero-order chi connectivity index (χ0) is 15.1. The molecule has 0 bridgehead atoms. The molecule has 20 heavy (non-hydrogen) atoms. The van der Waals surface area contributed by atoms with Crippen molar-refractivity contribution in [3.8, 4) is 0 Å². The third-order valence-corrected chi connectivity index (χ3v) is 3.38. The SMILES string of the molecule is NCCC1CC=CC[N-]1.NCCC1CCCC[N-]1.[Cu+][Br]. The van der Waals surface area contributed by atoms with Crippen molar-refractivity contribution in [2.75, 3.05) is 26.2 Å². The van der Waals surface area contributed by atoms with Crippen LogP contribution in [0.2, 0.25) is 0 Å². The summed E-state index contributed by atoms with van der Waals surface area (Å²) in [5.41, 5.74) is 10.8. The molecule has 0 spiro atoms. The van der Waals surface area contributed by atoms with Gasteiger partial charge in [-0.05, 0) is 13.1 Å². The van der Waals surface area contributed by atoms with Crippen LogP contribution in [-0.4, -0.2) is 38.3 Å². The van der Waals surface area contributed by atoms with Gasteiger partial charge in [0.05, 0.1) is 0 Å². The van der Waals surface area contributed by atoms with Crippen LogP contribution in [0.25, 0.3) is 10.6 Å². The van der Waals surface area contributed by atoms with E-state index in [-0.39, 0.29) is 0 Å². The molecule has 0 aromatic rings. The van der Waals surface area contributed by atoms with E-state index in [0.29, 0.717) is 12.1 Å². The molecule has 0 aromatic heterocycles. The standard InChI is InChI=1S/C7H15N2.C7H13N2.BrH.Cu/c2*8-5-4-7-3-1-2-6-9-7;;/h7H,1-6,8H2;1-2,7H,3-6,8H2;1H;/q2*-1;;+2/p-1. The Morgan fingerprint density at radius 3 is 2.20 bits per heavy atom. The molecule has 2 heterocycles. The molecular weight excluding hydrogens is 368 g/mol. The van der Waals surface area contributed by atoms with E-state index in [2.05, 4.69) is 51.1 Å². The molecule has 0 radical (unpaired) electrons. The van der Waals surface area contributed by atoms with Gasteiger partial charge in [0.1, 0.15) is 0 Å². The summed E-state index contributed by atoms with van der Waals surface area (Å²) in [6, 6.07) is 1.11. The first kappa shape index (κ1) is 20.6. The summed E-state index contributed by atoms with van der Waals surface area (Å²) in [6.45, 7) is 3.53. The minimum absolute atomic E-state index is 0.514.